The highest BCUT2D eigenvalue weighted by molar-refractivity contribution is 7.10. The Hall–Kier alpha value is -0.910. The standard InChI is InChI=1S/C9H14N2O2S/c1-7(13)11-8-2-5-14-9(8)6-10-3-4-12/h2,5,10,12H,3-4,6H2,1H3,(H,11,13). The maximum atomic E-state index is 10.8. The molecule has 0 fully saturated rings. The summed E-state index contributed by atoms with van der Waals surface area (Å²) in [5, 5.41) is 16.3. The predicted molar refractivity (Wildman–Crippen MR) is 57.4 cm³/mol. The number of thiophene rings is 1. The third-order valence-electron chi connectivity index (χ3n) is 1.63. The Labute approximate surface area is 87.0 Å². The number of nitrogens with one attached hydrogen (secondary N) is 2. The molecule has 0 radical (unpaired) electrons. The van der Waals surface area contributed by atoms with E-state index in [1.807, 2.05) is 11.4 Å². The van der Waals surface area contributed by atoms with Gasteiger partial charge in [-0.1, -0.05) is 0 Å². The summed E-state index contributed by atoms with van der Waals surface area (Å²) in [5.41, 5.74) is 0.855. The molecule has 5 heteroatoms. The van der Waals surface area contributed by atoms with Crippen molar-refractivity contribution in [3.63, 3.8) is 0 Å². The normalized spacial score (nSPS) is 10.1. The molecule has 78 valence electrons. The first kappa shape index (κ1) is 11.2. The molecule has 0 bridgehead atoms. The number of hydrogen-bond acceptors (Lipinski definition) is 4. The van der Waals surface area contributed by atoms with E-state index in [0.717, 1.165) is 10.6 Å². The Morgan fingerprint density at radius 2 is 2.43 bits per heavy atom. The molecular weight excluding hydrogens is 200 g/mol. The molecule has 0 saturated carbocycles. The molecule has 0 aliphatic carbocycles. The number of aliphatic hydroxyl groups excluding tert-OH is 1. The molecule has 1 aromatic heterocycles. The summed E-state index contributed by atoms with van der Waals surface area (Å²) < 4.78 is 0. The summed E-state index contributed by atoms with van der Waals surface area (Å²) in [4.78, 5) is 11.9. The van der Waals surface area contributed by atoms with Crippen molar-refractivity contribution in [3.8, 4) is 0 Å². The topological polar surface area (TPSA) is 61.4 Å². The van der Waals surface area contributed by atoms with Crippen LogP contribution in [0.3, 0.4) is 0 Å². The molecule has 0 aliphatic rings. The quantitative estimate of drug-likeness (QED) is 0.635. The van der Waals surface area contributed by atoms with Crippen molar-refractivity contribution >= 4 is 22.9 Å². The van der Waals surface area contributed by atoms with E-state index in [9.17, 15) is 4.79 Å². The van der Waals surface area contributed by atoms with Crippen molar-refractivity contribution in [2.45, 2.75) is 13.5 Å². The molecule has 0 spiro atoms. The summed E-state index contributed by atoms with van der Waals surface area (Å²) in [6, 6.07) is 1.88. The van der Waals surface area contributed by atoms with Crippen LogP contribution in [0.2, 0.25) is 0 Å². The van der Waals surface area contributed by atoms with Gasteiger partial charge in [0.05, 0.1) is 12.3 Å². The first-order valence-electron chi connectivity index (χ1n) is 4.39. The first-order chi connectivity index (χ1) is 6.74. The predicted octanol–water partition coefficient (Wildman–Crippen LogP) is 0.788. The fourth-order valence-corrected chi connectivity index (χ4v) is 1.86. The highest BCUT2D eigenvalue weighted by Gasteiger charge is 2.04. The van der Waals surface area contributed by atoms with E-state index in [2.05, 4.69) is 10.6 Å². The molecular formula is C9H14N2O2S. The van der Waals surface area contributed by atoms with E-state index in [1.54, 1.807) is 11.3 Å². The van der Waals surface area contributed by atoms with Crippen LogP contribution in [0.25, 0.3) is 0 Å². The minimum Gasteiger partial charge on any atom is -0.395 e. The second-order valence-corrected chi connectivity index (χ2v) is 3.84. The number of amides is 1. The van der Waals surface area contributed by atoms with E-state index in [-0.39, 0.29) is 12.5 Å². The van der Waals surface area contributed by atoms with Gasteiger partial charge in [-0.25, -0.2) is 0 Å². The van der Waals surface area contributed by atoms with Crippen LogP contribution in [0.15, 0.2) is 11.4 Å². The number of anilines is 1. The van der Waals surface area contributed by atoms with Crippen molar-refractivity contribution in [2.75, 3.05) is 18.5 Å². The van der Waals surface area contributed by atoms with Crippen LogP contribution in [0.1, 0.15) is 11.8 Å². The number of rotatable bonds is 5. The smallest absolute Gasteiger partial charge is 0.221 e. The van der Waals surface area contributed by atoms with Crippen LogP contribution in [-0.4, -0.2) is 24.2 Å². The lowest BCUT2D eigenvalue weighted by Crippen LogP contribution is -2.18. The van der Waals surface area contributed by atoms with E-state index < -0.39 is 0 Å². The van der Waals surface area contributed by atoms with Gasteiger partial charge in [0.1, 0.15) is 0 Å². The first-order valence-corrected chi connectivity index (χ1v) is 5.27. The molecule has 0 aliphatic heterocycles. The average molecular weight is 214 g/mol. The van der Waals surface area contributed by atoms with Gasteiger partial charge in [0, 0.05) is 24.9 Å². The van der Waals surface area contributed by atoms with E-state index in [0.29, 0.717) is 13.1 Å². The fraction of sp³-hybridized carbons (Fsp3) is 0.444. The molecule has 1 rings (SSSR count). The monoisotopic (exact) mass is 214 g/mol. The lowest BCUT2D eigenvalue weighted by Gasteiger charge is -2.04. The average Bonchev–Trinajstić information content (AvgIpc) is 2.52. The number of carbonyl (C=O) groups excluding carboxylic acids is 1. The Morgan fingerprint density at radius 1 is 1.64 bits per heavy atom. The molecule has 3 N–H and O–H groups in total. The van der Waals surface area contributed by atoms with Gasteiger partial charge in [0.15, 0.2) is 0 Å². The molecule has 14 heavy (non-hydrogen) atoms. The Kier molecular flexibility index (Phi) is 4.58. The third-order valence-corrected chi connectivity index (χ3v) is 2.55. The Morgan fingerprint density at radius 3 is 3.07 bits per heavy atom. The van der Waals surface area contributed by atoms with Crippen LogP contribution in [0.4, 0.5) is 5.69 Å². The molecule has 0 aromatic carbocycles. The van der Waals surface area contributed by atoms with Crippen LogP contribution in [0, 0.1) is 0 Å². The van der Waals surface area contributed by atoms with Crippen LogP contribution in [0.5, 0.6) is 0 Å². The minimum absolute atomic E-state index is 0.0631. The highest BCUT2D eigenvalue weighted by Crippen LogP contribution is 2.21. The largest absolute Gasteiger partial charge is 0.395 e. The molecule has 1 heterocycles. The summed E-state index contributed by atoms with van der Waals surface area (Å²) >= 11 is 1.58. The van der Waals surface area contributed by atoms with Gasteiger partial charge in [-0.05, 0) is 11.4 Å². The third kappa shape index (κ3) is 3.45. The van der Waals surface area contributed by atoms with Crippen molar-refractivity contribution in [3.05, 3.63) is 16.3 Å². The molecule has 1 amide bonds. The van der Waals surface area contributed by atoms with E-state index >= 15 is 0 Å². The molecule has 0 saturated heterocycles. The van der Waals surface area contributed by atoms with Gasteiger partial charge >= 0.3 is 0 Å². The number of aliphatic hydroxyl groups is 1. The van der Waals surface area contributed by atoms with Crippen molar-refractivity contribution in [1.29, 1.82) is 0 Å². The lowest BCUT2D eigenvalue weighted by molar-refractivity contribution is -0.114. The van der Waals surface area contributed by atoms with Crippen LogP contribution in [-0.2, 0) is 11.3 Å². The summed E-state index contributed by atoms with van der Waals surface area (Å²) in [7, 11) is 0. The van der Waals surface area contributed by atoms with Gasteiger partial charge in [-0.15, -0.1) is 11.3 Å². The van der Waals surface area contributed by atoms with Gasteiger partial charge in [-0.2, -0.15) is 0 Å². The molecule has 0 atom stereocenters. The second kappa shape index (κ2) is 5.74. The highest BCUT2D eigenvalue weighted by atomic mass is 32.1. The SMILES string of the molecule is CC(=O)Nc1ccsc1CNCCO. The maximum absolute atomic E-state index is 10.8. The second-order valence-electron chi connectivity index (χ2n) is 2.84. The van der Waals surface area contributed by atoms with E-state index in [1.165, 1.54) is 6.92 Å². The van der Waals surface area contributed by atoms with Crippen molar-refractivity contribution in [2.24, 2.45) is 0 Å². The zero-order chi connectivity index (χ0) is 10.4. The fourth-order valence-electron chi connectivity index (χ4n) is 1.06. The number of hydrogen-bond donors (Lipinski definition) is 3. The summed E-state index contributed by atoms with van der Waals surface area (Å²) in [6.45, 7) is 2.86. The number of carbonyl (C=O) groups is 1. The van der Waals surface area contributed by atoms with Crippen molar-refractivity contribution < 1.29 is 9.90 Å². The molecule has 0 unspecified atom stereocenters. The summed E-state index contributed by atoms with van der Waals surface area (Å²) in [5.74, 6) is -0.0631. The Balaban J connectivity index is 2.49. The minimum atomic E-state index is -0.0631. The zero-order valence-electron chi connectivity index (χ0n) is 8.04. The lowest BCUT2D eigenvalue weighted by atomic mass is 10.3. The van der Waals surface area contributed by atoms with Gasteiger partial charge < -0.3 is 15.7 Å². The van der Waals surface area contributed by atoms with Gasteiger partial charge in [0.2, 0.25) is 5.91 Å². The van der Waals surface area contributed by atoms with Crippen LogP contribution >= 0.6 is 11.3 Å². The van der Waals surface area contributed by atoms with Gasteiger partial charge in [0.25, 0.3) is 0 Å². The van der Waals surface area contributed by atoms with E-state index in [4.69, 9.17) is 5.11 Å². The maximum Gasteiger partial charge on any atom is 0.221 e. The molecule has 4 nitrogen and oxygen atoms in total. The molecule has 1 aromatic rings. The van der Waals surface area contributed by atoms with Crippen molar-refractivity contribution in [1.82, 2.24) is 5.32 Å². The van der Waals surface area contributed by atoms with Gasteiger partial charge in [-0.3, -0.25) is 4.79 Å². The zero-order valence-corrected chi connectivity index (χ0v) is 8.86. The summed E-state index contributed by atoms with van der Waals surface area (Å²) in [6.07, 6.45) is 0. The Bertz CT molecular complexity index is 299. The van der Waals surface area contributed by atoms with Crippen LogP contribution < -0.4 is 10.6 Å².